The van der Waals surface area contributed by atoms with Crippen molar-refractivity contribution in [3.8, 4) is 5.75 Å². The van der Waals surface area contributed by atoms with Crippen molar-refractivity contribution >= 4 is 0 Å². The van der Waals surface area contributed by atoms with Crippen LogP contribution in [-0.2, 0) is 6.42 Å². The minimum atomic E-state index is 0.739. The molecule has 1 saturated carbocycles. The van der Waals surface area contributed by atoms with E-state index in [1.54, 1.807) is 7.11 Å². The van der Waals surface area contributed by atoms with Crippen molar-refractivity contribution in [3.63, 3.8) is 0 Å². The van der Waals surface area contributed by atoms with Crippen LogP contribution < -0.4 is 10.1 Å². The van der Waals surface area contributed by atoms with Crippen LogP contribution in [0.4, 0.5) is 0 Å². The first-order valence-corrected chi connectivity index (χ1v) is 7.52. The predicted molar refractivity (Wildman–Crippen MR) is 80.8 cm³/mol. The van der Waals surface area contributed by atoms with Gasteiger partial charge >= 0.3 is 0 Å². The van der Waals surface area contributed by atoms with E-state index in [4.69, 9.17) is 4.74 Å². The highest BCUT2D eigenvalue weighted by Crippen LogP contribution is 2.34. The molecule has 0 saturated heterocycles. The molecule has 1 aromatic rings. The summed E-state index contributed by atoms with van der Waals surface area (Å²) >= 11 is 0. The molecule has 0 aliphatic heterocycles. The van der Waals surface area contributed by atoms with Crippen LogP contribution in [0.15, 0.2) is 18.2 Å². The second kappa shape index (κ2) is 6.95. The summed E-state index contributed by atoms with van der Waals surface area (Å²) in [5, 5.41) is 3.38. The summed E-state index contributed by atoms with van der Waals surface area (Å²) in [6.07, 6.45) is 6.77. The Morgan fingerprint density at radius 2 is 2.05 bits per heavy atom. The van der Waals surface area contributed by atoms with Gasteiger partial charge in [0.1, 0.15) is 5.75 Å². The minimum absolute atomic E-state index is 0.739. The fourth-order valence-electron chi connectivity index (χ4n) is 3.45. The van der Waals surface area contributed by atoms with Gasteiger partial charge in [-0.05, 0) is 50.4 Å². The second-order valence-corrected chi connectivity index (χ2v) is 5.88. The molecule has 2 heteroatoms. The molecule has 0 amide bonds. The summed E-state index contributed by atoms with van der Waals surface area (Å²) in [6, 6.07) is 6.52. The van der Waals surface area contributed by atoms with E-state index in [9.17, 15) is 0 Å². The fraction of sp³-hybridized carbons (Fsp3) is 0.647. The van der Waals surface area contributed by atoms with E-state index < -0.39 is 0 Å². The molecular formula is C17H27NO. The SMILES string of the molecule is CNCC(Cc1cc(C)ccc1OC)C1CCCC1. The standard InChI is InChI=1S/C17H27NO/c1-13-8-9-17(19-3)15(10-13)11-16(12-18-2)14-6-4-5-7-14/h8-10,14,16,18H,4-7,11-12H2,1-3H3. The molecule has 0 radical (unpaired) electrons. The fourth-order valence-corrected chi connectivity index (χ4v) is 3.45. The zero-order chi connectivity index (χ0) is 13.7. The smallest absolute Gasteiger partial charge is 0.122 e. The molecule has 0 spiro atoms. The lowest BCUT2D eigenvalue weighted by molar-refractivity contribution is 0.322. The van der Waals surface area contributed by atoms with Gasteiger partial charge in [-0.15, -0.1) is 0 Å². The van der Waals surface area contributed by atoms with Crippen molar-refractivity contribution in [2.45, 2.75) is 39.0 Å². The van der Waals surface area contributed by atoms with Crippen molar-refractivity contribution in [3.05, 3.63) is 29.3 Å². The summed E-state index contributed by atoms with van der Waals surface area (Å²) in [5.41, 5.74) is 2.69. The van der Waals surface area contributed by atoms with Crippen molar-refractivity contribution in [2.24, 2.45) is 11.8 Å². The van der Waals surface area contributed by atoms with Gasteiger partial charge in [0, 0.05) is 0 Å². The highest BCUT2D eigenvalue weighted by Gasteiger charge is 2.25. The normalized spacial score (nSPS) is 17.6. The average molecular weight is 261 g/mol. The number of ether oxygens (including phenoxy) is 1. The third-order valence-corrected chi connectivity index (χ3v) is 4.45. The molecule has 0 aromatic heterocycles. The van der Waals surface area contributed by atoms with E-state index in [-0.39, 0.29) is 0 Å². The van der Waals surface area contributed by atoms with Gasteiger partial charge in [-0.1, -0.05) is 43.4 Å². The van der Waals surface area contributed by atoms with E-state index in [0.29, 0.717) is 0 Å². The first-order chi connectivity index (χ1) is 9.24. The lowest BCUT2D eigenvalue weighted by atomic mass is 9.85. The first-order valence-electron chi connectivity index (χ1n) is 7.52. The van der Waals surface area contributed by atoms with Crippen LogP contribution in [0.3, 0.4) is 0 Å². The zero-order valence-electron chi connectivity index (χ0n) is 12.5. The third-order valence-electron chi connectivity index (χ3n) is 4.45. The highest BCUT2D eigenvalue weighted by atomic mass is 16.5. The van der Waals surface area contributed by atoms with Crippen LogP contribution in [-0.4, -0.2) is 20.7 Å². The van der Waals surface area contributed by atoms with Gasteiger partial charge in [-0.25, -0.2) is 0 Å². The number of methoxy groups -OCH3 is 1. The summed E-state index contributed by atoms with van der Waals surface area (Å²) in [5.74, 6) is 2.67. The maximum atomic E-state index is 5.52. The molecule has 2 nitrogen and oxygen atoms in total. The quantitative estimate of drug-likeness (QED) is 0.845. The Bertz CT molecular complexity index is 396. The average Bonchev–Trinajstić information content (AvgIpc) is 2.92. The maximum absolute atomic E-state index is 5.52. The number of rotatable bonds is 6. The Labute approximate surface area is 117 Å². The van der Waals surface area contributed by atoms with Gasteiger partial charge in [0.25, 0.3) is 0 Å². The van der Waals surface area contributed by atoms with E-state index in [1.807, 2.05) is 0 Å². The monoisotopic (exact) mass is 261 g/mol. The Hall–Kier alpha value is -1.02. The molecule has 1 atom stereocenters. The molecule has 1 aliphatic rings. The number of benzene rings is 1. The van der Waals surface area contributed by atoms with Crippen LogP contribution in [0.2, 0.25) is 0 Å². The van der Waals surface area contributed by atoms with Gasteiger partial charge in [0.2, 0.25) is 0 Å². The molecule has 2 rings (SSSR count). The Morgan fingerprint density at radius 1 is 1.32 bits per heavy atom. The number of hydrogen-bond acceptors (Lipinski definition) is 2. The largest absolute Gasteiger partial charge is 0.496 e. The Morgan fingerprint density at radius 3 is 2.68 bits per heavy atom. The molecule has 1 fully saturated rings. The van der Waals surface area contributed by atoms with Crippen LogP contribution in [0.25, 0.3) is 0 Å². The lowest BCUT2D eigenvalue weighted by Gasteiger charge is -2.24. The van der Waals surface area contributed by atoms with E-state index in [0.717, 1.165) is 30.6 Å². The first kappa shape index (κ1) is 14.4. The molecule has 0 bridgehead atoms. The Kier molecular flexibility index (Phi) is 5.26. The van der Waals surface area contributed by atoms with Gasteiger partial charge in [0.15, 0.2) is 0 Å². The summed E-state index contributed by atoms with van der Waals surface area (Å²) in [7, 11) is 3.84. The summed E-state index contributed by atoms with van der Waals surface area (Å²) < 4.78 is 5.52. The third kappa shape index (κ3) is 3.73. The minimum Gasteiger partial charge on any atom is -0.496 e. The van der Waals surface area contributed by atoms with Gasteiger partial charge < -0.3 is 10.1 Å². The predicted octanol–water partition coefficient (Wildman–Crippen LogP) is 3.57. The van der Waals surface area contributed by atoms with E-state index in [1.165, 1.54) is 36.8 Å². The Balaban J connectivity index is 2.13. The second-order valence-electron chi connectivity index (χ2n) is 5.88. The number of hydrogen-bond donors (Lipinski definition) is 1. The van der Waals surface area contributed by atoms with Crippen LogP contribution in [0, 0.1) is 18.8 Å². The molecule has 1 aromatic carbocycles. The molecular weight excluding hydrogens is 234 g/mol. The molecule has 1 N–H and O–H groups in total. The number of nitrogens with one attached hydrogen (secondary N) is 1. The van der Waals surface area contributed by atoms with E-state index in [2.05, 4.69) is 37.5 Å². The summed E-state index contributed by atoms with van der Waals surface area (Å²) in [6.45, 7) is 3.27. The van der Waals surface area contributed by atoms with Crippen molar-refractivity contribution in [2.75, 3.05) is 20.7 Å². The van der Waals surface area contributed by atoms with Gasteiger partial charge in [-0.2, -0.15) is 0 Å². The van der Waals surface area contributed by atoms with Crippen molar-refractivity contribution in [1.82, 2.24) is 5.32 Å². The molecule has 1 unspecified atom stereocenters. The lowest BCUT2D eigenvalue weighted by Crippen LogP contribution is -2.26. The highest BCUT2D eigenvalue weighted by molar-refractivity contribution is 5.37. The summed E-state index contributed by atoms with van der Waals surface area (Å²) in [4.78, 5) is 0. The maximum Gasteiger partial charge on any atom is 0.122 e. The molecule has 0 heterocycles. The van der Waals surface area contributed by atoms with Crippen LogP contribution in [0.1, 0.15) is 36.8 Å². The van der Waals surface area contributed by atoms with Gasteiger partial charge in [-0.3, -0.25) is 0 Å². The van der Waals surface area contributed by atoms with Crippen molar-refractivity contribution < 1.29 is 4.74 Å². The van der Waals surface area contributed by atoms with Crippen LogP contribution in [0.5, 0.6) is 5.75 Å². The zero-order valence-corrected chi connectivity index (χ0v) is 12.5. The van der Waals surface area contributed by atoms with E-state index >= 15 is 0 Å². The topological polar surface area (TPSA) is 21.3 Å². The van der Waals surface area contributed by atoms with Crippen molar-refractivity contribution in [1.29, 1.82) is 0 Å². The van der Waals surface area contributed by atoms with Crippen LogP contribution >= 0.6 is 0 Å². The molecule has 106 valence electrons. The molecule has 19 heavy (non-hydrogen) atoms. The van der Waals surface area contributed by atoms with Gasteiger partial charge in [0.05, 0.1) is 7.11 Å². The number of aryl methyl sites for hydroxylation is 1. The molecule has 1 aliphatic carbocycles.